The second-order valence-corrected chi connectivity index (χ2v) is 15.4. The van der Waals surface area contributed by atoms with E-state index < -0.39 is 180 Å². The van der Waals surface area contributed by atoms with Crippen molar-refractivity contribution in [3.05, 3.63) is 228 Å². The third-order valence-corrected chi connectivity index (χ3v) is 11.2. The Morgan fingerprint density at radius 1 is 0.211 bits per heavy atom. The van der Waals surface area contributed by atoms with E-state index in [1.165, 1.54) is 0 Å². The van der Waals surface area contributed by atoms with Gasteiger partial charge in [-0.1, -0.05) is 0 Å². The molecule has 0 nitrogen and oxygen atoms in total. The molecule has 0 aromatic heterocycles. The topological polar surface area (TPSA) is 0 Å². The quantitative estimate of drug-likeness (QED) is 0.0373. The van der Waals surface area contributed by atoms with E-state index in [2.05, 4.69) is 0 Å². The fourth-order valence-electron chi connectivity index (χ4n) is 7.85. The fraction of sp³-hybridized carbons (Fsp3) is 0.0652. The molecule has 0 aliphatic rings. The molecule has 402 valence electrons. The first-order valence-corrected chi connectivity index (χ1v) is 19.6. The van der Waals surface area contributed by atoms with Gasteiger partial charge in [0.2, 0.25) is 0 Å². The van der Waals surface area contributed by atoms with Gasteiger partial charge in [-0.15, -0.1) is 21.9 Å². The molecule has 0 spiro atoms. The van der Waals surface area contributed by atoms with Gasteiger partial charge in [0.15, 0.2) is 69.8 Å². The summed E-state index contributed by atoms with van der Waals surface area (Å²) in [6.07, 6.45) is -21.0. The van der Waals surface area contributed by atoms with E-state index in [4.69, 9.17) is 0 Å². The second kappa shape index (κ2) is 20.2. The van der Waals surface area contributed by atoms with Crippen molar-refractivity contribution < 1.29 is 127 Å². The van der Waals surface area contributed by atoms with Gasteiger partial charge in [0.25, 0.3) is 0 Å². The molecule has 0 saturated heterocycles. The summed E-state index contributed by atoms with van der Waals surface area (Å²) in [4.78, 5) is 0. The van der Waals surface area contributed by atoms with Crippen LogP contribution >= 0.6 is 0 Å². The molecule has 0 radical (unpaired) electrons. The van der Waals surface area contributed by atoms with E-state index in [1.807, 2.05) is 0 Å². The van der Waals surface area contributed by atoms with Crippen LogP contribution in [0.1, 0.15) is 33.4 Å². The highest BCUT2D eigenvalue weighted by molar-refractivity contribution is 7.20. The average Bonchev–Trinajstić information content (AvgIpc) is 3.36. The van der Waals surface area contributed by atoms with Crippen molar-refractivity contribution in [1.82, 2.24) is 0 Å². The summed E-state index contributed by atoms with van der Waals surface area (Å²) >= 11 is 0. The molecule has 0 N–H and O–H groups in total. The number of hydrogen-bond donors (Lipinski definition) is 0. The lowest BCUT2D eigenvalue weighted by Crippen LogP contribution is -2.81. The molecule has 0 unspecified atom stereocenters. The van der Waals surface area contributed by atoms with Crippen molar-refractivity contribution in [2.24, 2.45) is 0 Å². The molecular weight excluding hydrogens is 1110 g/mol. The van der Waals surface area contributed by atoms with Gasteiger partial charge >= 0.3 is 18.5 Å². The van der Waals surface area contributed by atoms with Gasteiger partial charge in [0.1, 0.15) is 52.7 Å². The van der Waals surface area contributed by atoms with Gasteiger partial charge < -0.3 is 0 Å². The lowest BCUT2D eigenvalue weighted by Gasteiger charge is -2.44. The van der Waals surface area contributed by atoms with Gasteiger partial charge in [-0.05, 0) is 72.8 Å². The first-order valence-electron chi connectivity index (χ1n) is 19.6. The predicted octanol–water partition coefficient (Wildman–Crippen LogP) is 13.6. The van der Waals surface area contributed by atoms with Crippen LogP contribution in [0.2, 0.25) is 0 Å². The molecule has 0 amide bonds. The van der Waals surface area contributed by atoms with Gasteiger partial charge in [-0.3, -0.25) is 0 Å². The maximum absolute atomic E-state index is 15.4. The summed E-state index contributed by atoms with van der Waals surface area (Å²) in [6, 6.07) is 11.5. The van der Waals surface area contributed by atoms with Crippen LogP contribution in [0.5, 0.6) is 0 Å². The lowest BCUT2D eigenvalue weighted by atomic mass is 9.12. The van der Waals surface area contributed by atoms with Gasteiger partial charge in [0, 0.05) is 0 Å². The van der Waals surface area contributed by atoms with Crippen LogP contribution in [0.15, 0.2) is 72.8 Å². The third kappa shape index (κ3) is 9.57. The predicted molar refractivity (Wildman–Crippen MR) is 204 cm³/mol. The fourth-order valence-corrected chi connectivity index (χ4v) is 7.85. The maximum Gasteiger partial charge on any atom is 0.417 e. The standard InChI is InChI=1S/C24BF20.C22H12F9/c26-5-1(6(27)14(35)21(42)13(5)34)25(2-7(28)15(36)22(43)16(37)8(2)29,3-9(30)17(38)23(44)18(39)10(3)31)4-11(32)19(40)24(45)20(41)12(4)33;23-20(24,25)16-7-1-13(2-8-16)19(14-3-9-17(10-4-14)21(26,27)28)15-5-11-18(12-6-15)22(29,30)31/h;1-12H/q-1;+1. The van der Waals surface area contributed by atoms with E-state index in [0.717, 1.165) is 72.8 Å². The Kier molecular flexibility index (Phi) is 15.3. The third-order valence-electron chi connectivity index (χ3n) is 11.2. The highest BCUT2D eigenvalue weighted by Gasteiger charge is 2.52. The van der Waals surface area contributed by atoms with Crippen LogP contribution in [0.4, 0.5) is 127 Å². The summed E-state index contributed by atoms with van der Waals surface area (Å²) in [7, 11) is 0. The first kappa shape index (κ1) is 57.7. The van der Waals surface area contributed by atoms with Crippen LogP contribution < -0.4 is 21.9 Å². The molecular formula is C46H12BF29. The molecule has 0 heterocycles. The van der Waals surface area contributed by atoms with Crippen molar-refractivity contribution in [3.8, 4) is 0 Å². The van der Waals surface area contributed by atoms with Crippen LogP contribution in [0, 0.1) is 122 Å². The molecule has 0 aliphatic heterocycles. The SMILES string of the molecule is FC(F)(F)c1ccc([C+](c2ccc(C(F)(F)F)cc2)c2ccc(C(F)(F)F)cc2)cc1.Fc1c(F)c(F)c([B-](c2c(F)c(F)c(F)c(F)c2F)(c2c(F)c(F)c(F)c(F)c2F)c2c(F)c(F)c(F)c(F)c2F)c(F)c1F. The van der Waals surface area contributed by atoms with Crippen molar-refractivity contribution in [3.63, 3.8) is 0 Å². The summed E-state index contributed by atoms with van der Waals surface area (Å²) in [6.45, 7) is 0. The van der Waals surface area contributed by atoms with E-state index in [9.17, 15) is 92.2 Å². The summed E-state index contributed by atoms with van der Waals surface area (Å²) in [5.41, 5.74) is -16.5. The number of rotatable bonds is 7. The smallest absolute Gasteiger partial charge is 0.207 e. The van der Waals surface area contributed by atoms with E-state index in [-0.39, 0.29) is 22.6 Å². The van der Waals surface area contributed by atoms with E-state index >= 15 is 35.1 Å². The van der Waals surface area contributed by atoms with Gasteiger partial charge in [-0.25, -0.2) is 87.8 Å². The minimum Gasteiger partial charge on any atom is -0.207 e. The zero-order chi connectivity index (χ0) is 57.4. The zero-order valence-corrected chi connectivity index (χ0v) is 35.5. The Morgan fingerprint density at radius 3 is 0.474 bits per heavy atom. The molecule has 0 saturated carbocycles. The largest absolute Gasteiger partial charge is 0.417 e. The minimum atomic E-state index is -7.22. The Morgan fingerprint density at radius 2 is 0.342 bits per heavy atom. The molecule has 7 aromatic rings. The summed E-state index contributed by atoms with van der Waals surface area (Å²) in [5.74, 6) is -71.2. The number of benzene rings is 7. The molecule has 7 aromatic carbocycles. The second-order valence-electron chi connectivity index (χ2n) is 15.4. The molecule has 7 rings (SSSR count). The molecule has 30 heteroatoms. The monoisotopic (exact) mass is 1130 g/mol. The molecule has 0 atom stereocenters. The highest BCUT2D eigenvalue weighted by Crippen LogP contribution is 2.39. The molecule has 76 heavy (non-hydrogen) atoms. The Bertz CT molecular complexity index is 2880. The van der Waals surface area contributed by atoms with Crippen LogP contribution in [-0.4, -0.2) is 6.15 Å². The normalized spacial score (nSPS) is 12.3. The highest BCUT2D eigenvalue weighted by atomic mass is 19.4. The van der Waals surface area contributed by atoms with Crippen molar-refractivity contribution in [1.29, 1.82) is 0 Å². The minimum absolute atomic E-state index is 0.191. The van der Waals surface area contributed by atoms with Crippen LogP contribution in [0.3, 0.4) is 0 Å². The van der Waals surface area contributed by atoms with Crippen molar-refractivity contribution >= 4 is 28.0 Å². The van der Waals surface area contributed by atoms with Gasteiger partial charge in [0.05, 0.1) is 39.3 Å². The Balaban J connectivity index is 0.000000264. The Labute approximate surface area is 402 Å². The number of alkyl halides is 9. The average molecular weight is 1130 g/mol. The number of hydrogen-bond acceptors (Lipinski definition) is 0. The van der Waals surface area contributed by atoms with E-state index in [0.29, 0.717) is 0 Å². The maximum atomic E-state index is 15.4. The van der Waals surface area contributed by atoms with Crippen LogP contribution in [0.25, 0.3) is 0 Å². The van der Waals surface area contributed by atoms with E-state index in [1.54, 1.807) is 0 Å². The first-order chi connectivity index (χ1) is 35.0. The summed E-state index contributed by atoms with van der Waals surface area (Å²) < 4.78 is 410. The van der Waals surface area contributed by atoms with Crippen molar-refractivity contribution in [2.75, 3.05) is 0 Å². The number of halogens is 29. The zero-order valence-electron chi connectivity index (χ0n) is 35.5. The van der Waals surface area contributed by atoms with Gasteiger partial charge in [-0.2, -0.15) is 39.5 Å². The lowest BCUT2D eigenvalue weighted by molar-refractivity contribution is -0.138. The van der Waals surface area contributed by atoms with Crippen LogP contribution in [-0.2, 0) is 18.5 Å². The summed E-state index contributed by atoms with van der Waals surface area (Å²) in [5, 5.41) is 0. The van der Waals surface area contributed by atoms with Crippen molar-refractivity contribution in [2.45, 2.75) is 18.5 Å². The molecule has 0 aliphatic carbocycles. The Hall–Kier alpha value is -7.56. The molecule has 0 bridgehead atoms. The molecule has 0 fully saturated rings.